The van der Waals surface area contributed by atoms with Gasteiger partial charge in [-0.25, -0.2) is 4.79 Å². The summed E-state index contributed by atoms with van der Waals surface area (Å²) in [6.07, 6.45) is 7.95. The van der Waals surface area contributed by atoms with Crippen LogP contribution in [0.3, 0.4) is 0 Å². The molecule has 0 bridgehead atoms. The lowest BCUT2D eigenvalue weighted by atomic mass is 9.85. The molecule has 0 saturated heterocycles. The molecule has 2 rings (SSSR count). The van der Waals surface area contributed by atoms with Crippen molar-refractivity contribution in [3.63, 3.8) is 0 Å². The van der Waals surface area contributed by atoms with Crippen molar-refractivity contribution in [1.29, 1.82) is 0 Å². The molecule has 0 aliphatic heterocycles. The molecule has 4 nitrogen and oxygen atoms in total. The van der Waals surface area contributed by atoms with Crippen LogP contribution >= 0.6 is 0 Å². The molecular formula is C20H22O4. The first-order valence-corrected chi connectivity index (χ1v) is 8.21. The Morgan fingerprint density at radius 1 is 1.17 bits per heavy atom. The number of carbonyl (C=O) groups excluding carboxylic acids is 2. The number of hydrogen-bond donors (Lipinski definition) is 0. The standard InChI is InChI=1S/C20H22O4/c1-17(21)24-20(13-6-3-7-14-20)15-12-19(22)23-16-8-11-18-9-4-2-5-10-18/h2,4-5,8-11H,3,6-7,13-14,16H2,1H3/b11-8+. The molecule has 126 valence electrons. The van der Waals surface area contributed by atoms with E-state index in [0.717, 1.165) is 24.8 Å². The van der Waals surface area contributed by atoms with Crippen molar-refractivity contribution < 1.29 is 19.1 Å². The SMILES string of the molecule is CC(=O)OC1(C#CC(=O)OC/C=C/c2ccccc2)CCCCC1. The maximum absolute atomic E-state index is 11.8. The minimum absolute atomic E-state index is 0.156. The molecule has 0 radical (unpaired) electrons. The predicted octanol–water partition coefficient (Wildman–Crippen LogP) is 3.51. The Morgan fingerprint density at radius 3 is 2.54 bits per heavy atom. The third-order valence-electron chi connectivity index (χ3n) is 3.81. The zero-order chi connectivity index (χ0) is 17.3. The number of rotatable bonds is 4. The lowest BCUT2D eigenvalue weighted by Crippen LogP contribution is -2.35. The van der Waals surface area contributed by atoms with E-state index in [1.165, 1.54) is 6.92 Å². The van der Waals surface area contributed by atoms with Gasteiger partial charge in [0.05, 0.1) is 0 Å². The Bertz CT molecular complexity index is 643. The largest absolute Gasteiger partial charge is 0.452 e. The molecule has 1 aliphatic rings. The summed E-state index contributed by atoms with van der Waals surface area (Å²) >= 11 is 0. The van der Waals surface area contributed by atoms with Gasteiger partial charge in [0.2, 0.25) is 0 Å². The quantitative estimate of drug-likeness (QED) is 0.483. The summed E-state index contributed by atoms with van der Waals surface area (Å²) in [5, 5.41) is 0. The van der Waals surface area contributed by atoms with Gasteiger partial charge in [0.15, 0.2) is 5.60 Å². The fourth-order valence-corrected chi connectivity index (χ4v) is 2.72. The van der Waals surface area contributed by atoms with E-state index < -0.39 is 11.6 Å². The average Bonchev–Trinajstić information content (AvgIpc) is 2.58. The van der Waals surface area contributed by atoms with E-state index in [0.29, 0.717) is 12.8 Å². The highest BCUT2D eigenvalue weighted by Crippen LogP contribution is 2.31. The summed E-state index contributed by atoms with van der Waals surface area (Å²) in [5.74, 6) is 4.33. The van der Waals surface area contributed by atoms with Gasteiger partial charge in [-0.2, -0.15) is 0 Å². The molecule has 1 aromatic carbocycles. The van der Waals surface area contributed by atoms with Gasteiger partial charge in [-0.3, -0.25) is 4.79 Å². The summed E-state index contributed by atoms with van der Waals surface area (Å²) in [6, 6.07) is 9.75. The Kier molecular flexibility index (Phi) is 6.62. The van der Waals surface area contributed by atoms with E-state index in [-0.39, 0.29) is 12.6 Å². The maximum atomic E-state index is 11.8. The molecule has 1 saturated carbocycles. The van der Waals surface area contributed by atoms with Crippen LogP contribution in [0.15, 0.2) is 36.4 Å². The van der Waals surface area contributed by atoms with Gasteiger partial charge in [-0.1, -0.05) is 42.8 Å². The van der Waals surface area contributed by atoms with Crippen LogP contribution in [0, 0.1) is 11.8 Å². The predicted molar refractivity (Wildman–Crippen MR) is 91.8 cm³/mol. The second-order valence-corrected chi connectivity index (χ2v) is 5.81. The lowest BCUT2D eigenvalue weighted by Gasteiger charge is -2.31. The van der Waals surface area contributed by atoms with E-state index in [1.807, 2.05) is 36.4 Å². The van der Waals surface area contributed by atoms with E-state index >= 15 is 0 Å². The van der Waals surface area contributed by atoms with Crippen molar-refractivity contribution >= 4 is 18.0 Å². The summed E-state index contributed by atoms with van der Waals surface area (Å²) < 4.78 is 10.4. The first-order valence-electron chi connectivity index (χ1n) is 8.21. The van der Waals surface area contributed by atoms with Crippen LogP contribution in [0.25, 0.3) is 6.08 Å². The summed E-state index contributed by atoms with van der Waals surface area (Å²) in [6.45, 7) is 1.52. The molecule has 0 unspecified atom stereocenters. The van der Waals surface area contributed by atoms with Gasteiger partial charge in [0, 0.05) is 12.8 Å². The third kappa shape index (κ3) is 5.92. The van der Waals surface area contributed by atoms with Gasteiger partial charge in [-0.05, 0) is 43.2 Å². The fourth-order valence-electron chi connectivity index (χ4n) is 2.72. The molecule has 1 fully saturated rings. The van der Waals surface area contributed by atoms with Gasteiger partial charge in [0.1, 0.15) is 6.61 Å². The molecule has 0 heterocycles. The topological polar surface area (TPSA) is 52.6 Å². The number of esters is 2. The van der Waals surface area contributed by atoms with Crippen molar-refractivity contribution in [2.24, 2.45) is 0 Å². The highest BCUT2D eigenvalue weighted by molar-refractivity contribution is 5.88. The van der Waals surface area contributed by atoms with Gasteiger partial charge in [-0.15, -0.1) is 0 Å². The number of carbonyl (C=O) groups is 2. The Balaban J connectivity index is 1.87. The fraction of sp³-hybridized carbons (Fsp3) is 0.400. The summed E-state index contributed by atoms with van der Waals surface area (Å²) in [5.41, 5.74) is 0.207. The zero-order valence-corrected chi connectivity index (χ0v) is 13.9. The minimum atomic E-state index is -0.830. The highest BCUT2D eigenvalue weighted by atomic mass is 16.6. The Morgan fingerprint density at radius 2 is 1.88 bits per heavy atom. The van der Waals surface area contributed by atoms with Crippen LogP contribution in [0.5, 0.6) is 0 Å². The second kappa shape index (κ2) is 8.93. The van der Waals surface area contributed by atoms with E-state index in [9.17, 15) is 9.59 Å². The molecule has 0 N–H and O–H groups in total. The van der Waals surface area contributed by atoms with Crippen LogP contribution in [0.2, 0.25) is 0 Å². The van der Waals surface area contributed by atoms with E-state index in [2.05, 4.69) is 11.8 Å². The highest BCUT2D eigenvalue weighted by Gasteiger charge is 2.33. The first kappa shape index (κ1) is 17.8. The summed E-state index contributed by atoms with van der Waals surface area (Å²) in [7, 11) is 0. The van der Waals surface area contributed by atoms with Crippen LogP contribution < -0.4 is 0 Å². The lowest BCUT2D eigenvalue weighted by molar-refractivity contribution is -0.154. The van der Waals surface area contributed by atoms with Crippen LogP contribution in [-0.2, 0) is 19.1 Å². The first-order chi connectivity index (χ1) is 11.6. The normalized spacial score (nSPS) is 16.0. The van der Waals surface area contributed by atoms with Crippen molar-refractivity contribution in [3.05, 3.63) is 42.0 Å². The molecule has 0 aromatic heterocycles. The smallest absolute Gasteiger partial charge is 0.384 e. The van der Waals surface area contributed by atoms with Gasteiger partial charge < -0.3 is 9.47 Å². The molecule has 0 amide bonds. The van der Waals surface area contributed by atoms with Crippen molar-refractivity contribution in [1.82, 2.24) is 0 Å². The summed E-state index contributed by atoms with van der Waals surface area (Å²) in [4.78, 5) is 23.0. The molecule has 0 spiro atoms. The van der Waals surface area contributed by atoms with Crippen molar-refractivity contribution in [2.75, 3.05) is 6.61 Å². The van der Waals surface area contributed by atoms with Gasteiger partial charge in [0.25, 0.3) is 0 Å². The number of hydrogen-bond acceptors (Lipinski definition) is 4. The molecule has 24 heavy (non-hydrogen) atoms. The Hall–Kier alpha value is -2.54. The number of ether oxygens (including phenoxy) is 2. The van der Waals surface area contributed by atoms with Crippen molar-refractivity contribution in [3.8, 4) is 11.8 Å². The van der Waals surface area contributed by atoms with E-state index in [1.54, 1.807) is 6.08 Å². The molecular weight excluding hydrogens is 304 g/mol. The van der Waals surface area contributed by atoms with Crippen molar-refractivity contribution in [2.45, 2.75) is 44.6 Å². The average molecular weight is 326 g/mol. The molecule has 1 aliphatic carbocycles. The van der Waals surface area contributed by atoms with Crippen LogP contribution in [0.1, 0.15) is 44.6 Å². The minimum Gasteiger partial charge on any atom is -0.452 e. The second-order valence-electron chi connectivity index (χ2n) is 5.81. The van der Waals surface area contributed by atoms with Crippen LogP contribution in [0.4, 0.5) is 0 Å². The third-order valence-corrected chi connectivity index (χ3v) is 3.81. The monoisotopic (exact) mass is 326 g/mol. The zero-order valence-electron chi connectivity index (χ0n) is 13.9. The van der Waals surface area contributed by atoms with E-state index in [4.69, 9.17) is 9.47 Å². The van der Waals surface area contributed by atoms with Gasteiger partial charge >= 0.3 is 11.9 Å². The molecule has 1 aromatic rings. The van der Waals surface area contributed by atoms with Crippen LogP contribution in [-0.4, -0.2) is 24.1 Å². The molecule has 4 heteroatoms. The molecule has 0 atom stereocenters. The Labute approximate surface area is 142 Å². The maximum Gasteiger partial charge on any atom is 0.384 e. The number of benzene rings is 1.